The zero-order valence-electron chi connectivity index (χ0n) is 8.86. The first-order valence-corrected chi connectivity index (χ1v) is 5.56. The lowest BCUT2D eigenvalue weighted by Gasteiger charge is -2.10. The highest BCUT2D eigenvalue weighted by Crippen LogP contribution is 2.24. The number of ether oxygens (including phenoxy) is 1. The molecule has 0 saturated carbocycles. The predicted molar refractivity (Wildman–Crippen MR) is 61.4 cm³/mol. The molecule has 1 atom stereocenters. The Balaban J connectivity index is 2.68. The van der Waals surface area contributed by atoms with Gasteiger partial charge in [0, 0.05) is 17.3 Å². The molecular formula is C11H17NOS. The summed E-state index contributed by atoms with van der Waals surface area (Å²) in [7, 11) is 1.61. The summed E-state index contributed by atoms with van der Waals surface area (Å²) in [4.78, 5) is 1.27. The molecule has 0 aliphatic rings. The maximum atomic E-state index is 5.72. The van der Waals surface area contributed by atoms with Crippen molar-refractivity contribution in [2.75, 3.05) is 7.11 Å². The van der Waals surface area contributed by atoms with Gasteiger partial charge in [0.1, 0.15) is 6.23 Å². The molecule has 0 bridgehead atoms. The van der Waals surface area contributed by atoms with Crippen LogP contribution in [0.3, 0.4) is 0 Å². The van der Waals surface area contributed by atoms with E-state index in [9.17, 15) is 0 Å². The van der Waals surface area contributed by atoms with Gasteiger partial charge in [0.2, 0.25) is 0 Å². The van der Waals surface area contributed by atoms with E-state index in [-0.39, 0.29) is 6.23 Å². The lowest BCUT2D eigenvalue weighted by Crippen LogP contribution is -2.11. The van der Waals surface area contributed by atoms with E-state index in [2.05, 4.69) is 26.0 Å². The second-order valence-electron chi connectivity index (χ2n) is 3.39. The molecule has 14 heavy (non-hydrogen) atoms. The Morgan fingerprint density at radius 2 is 1.79 bits per heavy atom. The third-order valence-electron chi connectivity index (χ3n) is 1.83. The average Bonchev–Trinajstić information content (AvgIpc) is 2.17. The topological polar surface area (TPSA) is 35.2 Å². The summed E-state index contributed by atoms with van der Waals surface area (Å²) >= 11 is 1.84. The van der Waals surface area contributed by atoms with Gasteiger partial charge in [-0.3, -0.25) is 0 Å². The van der Waals surface area contributed by atoms with Crippen LogP contribution >= 0.6 is 11.8 Å². The zero-order valence-corrected chi connectivity index (χ0v) is 9.67. The minimum atomic E-state index is -0.312. The molecule has 0 saturated heterocycles. The standard InChI is InChI=1S/C11H17NOS/c1-8(2)14-10-6-4-9(5-7-10)11(12)13-3/h4-8,11H,12H2,1-3H3. The van der Waals surface area contributed by atoms with Gasteiger partial charge in [0.05, 0.1) is 0 Å². The highest BCUT2D eigenvalue weighted by atomic mass is 32.2. The largest absolute Gasteiger partial charge is 0.363 e. The predicted octanol–water partition coefficient (Wildman–Crippen LogP) is 2.79. The maximum Gasteiger partial charge on any atom is 0.131 e. The SMILES string of the molecule is COC(N)c1ccc(SC(C)C)cc1. The van der Waals surface area contributed by atoms with Gasteiger partial charge in [0.15, 0.2) is 0 Å². The second-order valence-corrected chi connectivity index (χ2v) is 5.04. The molecule has 78 valence electrons. The van der Waals surface area contributed by atoms with Crippen LogP contribution in [0.25, 0.3) is 0 Å². The van der Waals surface area contributed by atoms with E-state index in [0.717, 1.165) is 5.56 Å². The summed E-state index contributed by atoms with van der Waals surface area (Å²) in [6, 6.07) is 8.19. The molecule has 0 heterocycles. The molecule has 0 radical (unpaired) electrons. The number of benzene rings is 1. The highest BCUT2D eigenvalue weighted by molar-refractivity contribution is 7.99. The zero-order chi connectivity index (χ0) is 10.6. The molecule has 2 N–H and O–H groups in total. The highest BCUT2D eigenvalue weighted by Gasteiger charge is 2.04. The quantitative estimate of drug-likeness (QED) is 0.614. The monoisotopic (exact) mass is 211 g/mol. The normalized spacial score (nSPS) is 13.2. The van der Waals surface area contributed by atoms with Crippen LogP contribution in [0, 0.1) is 0 Å². The first-order valence-electron chi connectivity index (χ1n) is 4.68. The van der Waals surface area contributed by atoms with E-state index in [0.29, 0.717) is 5.25 Å². The van der Waals surface area contributed by atoms with Crippen LogP contribution in [0.15, 0.2) is 29.2 Å². The summed E-state index contributed by atoms with van der Waals surface area (Å²) < 4.78 is 5.03. The van der Waals surface area contributed by atoms with E-state index < -0.39 is 0 Å². The number of rotatable bonds is 4. The molecule has 0 fully saturated rings. The maximum absolute atomic E-state index is 5.72. The number of hydrogen-bond acceptors (Lipinski definition) is 3. The summed E-state index contributed by atoms with van der Waals surface area (Å²) in [6.45, 7) is 4.36. The molecule has 3 heteroatoms. The van der Waals surface area contributed by atoms with Crippen LogP contribution < -0.4 is 5.73 Å². The van der Waals surface area contributed by atoms with Crippen molar-refractivity contribution in [1.29, 1.82) is 0 Å². The van der Waals surface area contributed by atoms with Crippen molar-refractivity contribution < 1.29 is 4.74 Å². The van der Waals surface area contributed by atoms with Crippen molar-refractivity contribution in [1.82, 2.24) is 0 Å². The molecule has 1 rings (SSSR count). The molecule has 0 aliphatic carbocycles. The van der Waals surface area contributed by atoms with Crippen LogP contribution in [0.1, 0.15) is 25.6 Å². The van der Waals surface area contributed by atoms with Crippen LogP contribution in [0.5, 0.6) is 0 Å². The Kier molecular flexibility index (Phi) is 4.45. The van der Waals surface area contributed by atoms with Crippen molar-refractivity contribution in [2.45, 2.75) is 30.2 Å². The second kappa shape index (κ2) is 5.39. The number of nitrogens with two attached hydrogens (primary N) is 1. The van der Waals surface area contributed by atoms with Gasteiger partial charge >= 0.3 is 0 Å². The fraction of sp³-hybridized carbons (Fsp3) is 0.455. The fourth-order valence-corrected chi connectivity index (χ4v) is 1.98. The Labute approximate surface area is 89.8 Å². The summed E-state index contributed by atoms with van der Waals surface area (Å²) in [5.41, 5.74) is 6.73. The van der Waals surface area contributed by atoms with E-state index in [1.54, 1.807) is 7.11 Å². The van der Waals surface area contributed by atoms with Gasteiger partial charge in [0.25, 0.3) is 0 Å². The van der Waals surface area contributed by atoms with E-state index in [4.69, 9.17) is 10.5 Å². The minimum absolute atomic E-state index is 0.312. The molecule has 0 aromatic heterocycles. The van der Waals surface area contributed by atoms with E-state index in [1.807, 2.05) is 23.9 Å². The lowest BCUT2D eigenvalue weighted by molar-refractivity contribution is 0.109. The third-order valence-corrected chi connectivity index (χ3v) is 2.85. The van der Waals surface area contributed by atoms with Gasteiger partial charge in [-0.25, -0.2) is 0 Å². The minimum Gasteiger partial charge on any atom is -0.363 e. The van der Waals surface area contributed by atoms with E-state index >= 15 is 0 Å². The molecule has 0 spiro atoms. The summed E-state index contributed by atoms with van der Waals surface area (Å²) in [5.74, 6) is 0. The third kappa shape index (κ3) is 3.33. The van der Waals surface area contributed by atoms with Crippen LogP contribution in [-0.4, -0.2) is 12.4 Å². The van der Waals surface area contributed by atoms with Gasteiger partial charge in [-0.05, 0) is 17.7 Å². The smallest absolute Gasteiger partial charge is 0.131 e. The lowest BCUT2D eigenvalue weighted by atomic mass is 10.2. The molecule has 2 nitrogen and oxygen atoms in total. The molecule has 1 aromatic rings. The van der Waals surface area contributed by atoms with Crippen LogP contribution in [0.4, 0.5) is 0 Å². The van der Waals surface area contributed by atoms with Gasteiger partial charge in [-0.2, -0.15) is 0 Å². The first-order chi connectivity index (χ1) is 6.63. The number of hydrogen-bond donors (Lipinski definition) is 1. The van der Waals surface area contributed by atoms with Crippen molar-refractivity contribution in [3.8, 4) is 0 Å². The molecule has 0 aliphatic heterocycles. The van der Waals surface area contributed by atoms with Gasteiger partial charge in [-0.15, -0.1) is 11.8 Å². The van der Waals surface area contributed by atoms with Crippen molar-refractivity contribution in [3.05, 3.63) is 29.8 Å². The Morgan fingerprint density at radius 3 is 2.21 bits per heavy atom. The van der Waals surface area contributed by atoms with Crippen LogP contribution in [-0.2, 0) is 4.74 Å². The Hall–Kier alpha value is -0.510. The van der Waals surface area contributed by atoms with Crippen LogP contribution in [0.2, 0.25) is 0 Å². The summed E-state index contributed by atoms with van der Waals surface area (Å²) in [5, 5.41) is 0.608. The van der Waals surface area contributed by atoms with Crippen molar-refractivity contribution >= 4 is 11.8 Å². The first kappa shape index (κ1) is 11.6. The Morgan fingerprint density at radius 1 is 1.21 bits per heavy atom. The van der Waals surface area contributed by atoms with Crippen molar-refractivity contribution in [3.63, 3.8) is 0 Å². The molecule has 0 amide bonds. The van der Waals surface area contributed by atoms with Crippen molar-refractivity contribution in [2.24, 2.45) is 5.73 Å². The van der Waals surface area contributed by atoms with E-state index in [1.165, 1.54) is 4.90 Å². The number of thioether (sulfide) groups is 1. The number of methoxy groups -OCH3 is 1. The summed E-state index contributed by atoms with van der Waals surface area (Å²) in [6.07, 6.45) is -0.312. The van der Waals surface area contributed by atoms with Gasteiger partial charge in [-0.1, -0.05) is 26.0 Å². The molecule has 1 aromatic carbocycles. The molecular weight excluding hydrogens is 194 g/mol. The average molecular weight is 211 g/mol. The molecule has 1 unspecified atom stereocenters. The van der Waals surface area contributed by atoms with Gasteiger partial charge < -0.3 is 10.5 Å². The Bertz CT molecular complexity index is 271. The fourth-order valence-electron chi connectivity index (χ4n) is 1.14.